The Hall–Kier alpha value is -1.06. The van der Waals surface area contributed by atoms with Crippen LogP contribution in [0.1, 0.15) is 31.2 Å². The van der Waals surface area contributed by atoms with Crippen LogP contribution in [0.15, 0.2) is 24.3 Å². The quantitative estimate of drug-likeness (QED) is 0.904. The van der Waals surface area contributed by atoms with Crippen molar-refractivity contribution in [3.05, 3.63) is 29.8 Å². The fourth-order valence-corrected chi connectivity index (χ4v) is 4.92. The molecule has 0 saturated carbocycles. The third-order valence-corrected chi connectivity index (χ3v) is 6.14. The molecule has 3 atom stereocenters. The maximum absolute atomic E-state index is 6.40. The maximum Gasteiger partial charge on any atom is 0.0577 e. The summed E-state index contributed by atoms with van der Waals surface area (Å²) in [5.74, 6) is 0.752. The van der Waals surface area contributed by atoms with E-state index in [2.05, 4.69) is 34.1 Å². The van der Waals surface area contributed by atoms with E-state index in [4.69, 9.17) is 5.73 Å². The topological polar surface area (TPSA) is 32.5 Å². The molecule has 0 radical (unpaired) electrons. The summed E-state index contributed by atoms with van der Waals surface area (Å²) in [5, 5.41) is 0. The minimum atomic E-state index is 0.202. The summed E-state index contributed by atoms with van der Waals surface area (Å²) in [6, 6.07) is 9.04. The van der Waals surface area contributed by atoms with E-state index >= 15 is 0 Å². The van der Waals surface area contributed by atoms with Crippen molar-refractivity contribution in [3.8, 4) is 0 Å². The van der Waals surface area contributed by atoms with Crippen LogP contribution < -0.4 is 10.6 Å². The van der Waals surface area contributed by atoms with Gasteiger partial charge in [0, 0.05) is 31.9 Å². The highest BCUT2D eigenvalue weighted by molar-refractivity contribution is 5.57. The summed E-state index contributed by atoms with van der Waals surface area (Å²) in [6.45, 7) is 5.76. The Bertz CT molecular complexity index is 515. The van der Waals surface area contributed by atoms with E-state index in [-0.39, 0.29) is 5.54 Å². The molecule has 3 unspecified atom stereocenters. The largest absolute Gasteiger partial charge is 0.364 e. The van der Waals surface area contributed by atoms with Crippen molar-refractivity contribution in [2.75, 3.05) is 37.6 Å². The first-order valence-electron chi connectivity index (χ1n) is 8.61. The summed E-state index contributed by atoms with van der Waals surface area (Å²) < 4.78 is 0. The summed E-state index contributed by atoms with van der Waals surface area (Å²) in [5.41, 5.74) is 9.61. The zero-order chi connectivity index (χ0) is 14.3. The number of para-hydroxylation sites is 1. The zero-order valence-electron chi connectivity index (χ0n) is 12.9. The van der Waals surface area contributed by atoms with E-state index in [0.29, 0.717) is 0 Å². The predicted molar refractivity (Wildman–Crippen MR) is 87.7 cm³/mol. The fraction of sp³-hybridized carbons (Fsp3) is 0.667. The lowest BCUT2D eigenvalue weighted by molar-refractivity contribution is 0.163. The molecule has 3 aliphatic rings. The third kappa shape index (κ3) is 2.09. The van der Waals surface area contributed by atoms with Crippen molar-refractivity contribution in [2.24, 2.45) is 11.7 Å². The summed E-state index contributed by atoms with van der Waals surface area (Å²) in [4.78, 5) is 5.35. The molecule has 2 bridgehead atoms. The molecule has 1 aromatic rings. The minimum absolute atomic E-state index is 0.202. The number of anilines is 1. The van der Waals surface area contributed by atoms with Gasteiger partial charge in [-0.3, -0.25) is 0 Å². The Morgan fingerprint density at radius 3 is 2.95 bits per heavy atom. The lowest BCUT2D eigenvalue weighted by Gasteiger charge is -2.51. The smallest absolute Gasteiger partial charge is 0.0577 e. The van der Waals surface area contributed by atoms with Crippen LogP contribution in [-0.2, 0) is 6.42 Å². The van der Waals surface area contributed by atoms with Gasteiger partial charge in [0.2, 0.25) is 0 Å². The molecular formula is C18H27N3. The first-order chi connectivity index (χ1) is 10.3. The van der Waals surface area contributed by atoms with E-state index in [0.717, 1.165) is 12.5 Å². The minimum Gasteiger partial charge on any atom is -0.364 e. The lowest BCUT2D eigenvalue weighted by Crippen LogP contribution is -2.62. The van der Waals surface area contributed by atoms with Crippen LogP contribution in [0, 0.1) is 5.92 Å². The first kappa shape index (κ1) is 13.6. The Balaban J connectivity index is 1.76. The van der Waals surface area contributed by atoms with Crippen molar-refractivity contribution in [2.45, 2.75) is 37.6 Å². The van der Waals surface area contributed by atoms with Gasteiger partial charge in [-0.25, -0.2) is 0 Å². The molecule has 0 aromatic heterocycles. The number of benzene rings is 1. The standard InChI is InChI=1S/C18H27N3/c19-14-18(9-12-20-11-8-16(18)13-20)21-10-4-3-6-15-5-1-2-7-17(15)21/h1-2,5,7,16H,3-4,6,8-14,19H2. The van der Waals surface area contributed by atoms with Gasteiger partial charge >= 0.3 is 0 Å². The highest BCUT2D eigenvalue weighted by Crippen LogP contribution is 2.43. The van der Waals surface area contributed by atoms with Crippen LogP contribution in [-0.4, -0.2) is 43.2 Å². The molecule has 3 aliphatic heterocycles. The van der Waals surface area contributed by atoms with Crippen molar-refractivity contribution in [3.63, 3.8) is 0 Å². The van der Waals surface area contributed by atoms with Crippen LogP contribution in [0.25, 0.3) is 0 Å². The molecule has 0 aliphatic carbocycles. The molecule has 2 N–H and O–H groups in total. The van der Waals surface area contributed by atoms with Crippen LogP contribution in [0.2, 0.25) is 0 Å². The molecule has 3 heteroatoms. The lowest BCUT2D eigenvalue weighted by atomic mass is 9.76. The number of aryl methyl sites for hydroxylation is 1. The SMILES string of the molecule is NCC1(N2CCCCc3ccccc32)CCN2CCC1C2. The predicted octanol–water partition coefficient (Wildman–Crippen LogP) is 2.25. The Labute approximate surface area is 128 Å². The fourth-order valence-electron chi connectivity index (χ4n) is 4.92. The number of fused-ring (bicyclic) bond motifs is 3. The van der Waals surface area contributed by atoms with Crippen molar-refractivity contribution >= 4 is 5.69 Å². The number of nitrogens with two attached hydrogens (primary N) is 1. The third-order valence-electron chi connectivity index (χ3n) is 6.14. The van der Waals surface area contributed by atoms with Gasteiger partial charge in [0.15, 0.2) is 0 Å². The van der Waals surface area contributed by atoms with Gasteiger partial charge in [-0.15, -0.1) is 0 Å². The van der Waals surface area contributed by atoms with Gasteiger partial charge in [0.1, 0.15) is 0 Å². The molecule has 1 aromatic carbocycles. The monoisotopic (exact) mass is 285 g/mol. The van der Waals surface area contributed by atoms with Crippen molar-refractivity contribution < 1.29 is 0 Å². The Morgan fingerprint density at radius 2 is 2.05 bits per heavy atom. The number of hydrogen-bond acceptors (Lipinski definition) is 3. The molecule has 2 saturated heterocycles. The molecule has 0 spiro atoms. The van der Waals surface area contributed by atoms with Crippen LogP contribution >= 0.6 is 0 Å². The molecule has 4 rings (SSSR count). The van der Waals surface area contributed by atoms with Crippen LogP contribution in [0.4, 0.5) is 5.69 Å². The molecule has 21 heavy (non-hydrogen) atoms. The van der Waals surface area contributed by atoms with Gasteiger partial charge < -0.3 is 15.5 Å². The van der Waals surface area contributed by atoms with Gasteiger partial charge in [0.25, 0.3) is 0 Å². The van der Waals surface area contributed by atoms with Gasteiger partial charge in [-0.1, -0.05) is 18.2 Å². The van der Waals surface area contributed by atoms with E-state index in [9.17, 15) is 0 Å². The van der Waals surface area contributed by atoms with Gasteiger partial charge in [-0.05, 0) is 56.2 Å². The molecule has 3 heterocycles. The summed E-state index contributed by atoms with van der Waals surface area (Å²) in [7, 11) is 0. The van der Waals surface area contributed by atoms with Crippen molar-refractivity contribution in [1.82, 2.24) is 4.90 Å². The molecular weight excluding hydrogens is 258 g/mol. The van der Waals surface area contributed by atoms with Crippen LogP contribution in [0.3, 0.4) is 0 Å². The molecule has 2 fully saturated rings. The number of rotatable bonds is 2. The highest BCUT2D eigenvalue weighted by atomic mass is 15.3. The Morgan fingerprint density at radius 1 is 1.14 bits per heavy atom. The number of nitrogens with zero attached hydrogens (tertiary/aromatic N) is 2. The van der Waals surface area contributed by atoms with Crippen LogP contribution in [0.5, 0.6) is 0 Å². The summed E-state index contributed by atoms with van der Waals surface area (Å²) in [6.07, 6.45) is 6.40. The van der Waals surface area contributed by atoms with E-state index in [1.54, 1.807) is 0 Å². The second-order valence-electron chi connectivity index (χ2n) is 7.08. The number of piperidine rings is 1. The molecule has 114 valence electrons. The average molecular weight is 285 g/mol. The normalized spacial score (nSPS) is 35.4. The van der Waals surface area contributed by atoms with Gasteiger partial charge in [0.05, 0.1) is 5.54 Å². The number of hydrogen-bond donors (Lipinski definition) is 1. The molecule has 0 amide bonds. The van der Waals surface area contributed by atoms with Crippen molar-refractivity contribution in [1.29, 1.82) is 0 Å². The second kappa shape index (κ2) is 5.29. The highest BCUT2D eigenvalue weighted by Gasteiger charge is 2.49. The van der Waals surface area contributed by atoms with E-state index in [1.165, 1.54) is 69.5 Å². The Kier molecular flexibility index (Phi) is 3.43. The maximum atomic E-state index is 6.40. The second-order valence-corrected chi connectivity index (χ2v) is 7.08. The van der Waals surface area contributed by atoms with Gasteiger partial charge in [-0.2, -0.15) is 0 Å². The van der Waals surface area contributed by atoms with E-state index in [1.807, 2.05) is 0 Å². The average Bonchev–Trinajstić information content (AvgIpc) is 2.80. The summed E-state index contributed by atoms with van der Waals surface area (Å²) >= 11 is 0. The molecule has 3 nitrogen and oxygen atoms in total. The first-order valence-corrected chi connectivity index (χ1v) is 8.61. The zero-order valence-corrected chi connectivity index (χ0v) is 12.9. The van der Waals surface area contributed by atoms with E-state index < -0.39 is 0 Å².